The normalized spacial score (nSPS) is 12.7. The quantitative estimate of drug-likeness (QED) is 0.323. The van der Waals surface area contributed by atoms with Crippen LogP contribution in [0.1, 0.15) is 27.2 Å². The first-order valence-corrected chi connectivity index (χ1v) is 12.9. The van der Waals surface area contributed by atoms with Crippen LogP contribution < -0.4 is 16.0 Å². The predicted molar refractivity (Wildman–Crippen MR) is 148 cm³/mol. The van der Waals surface area contributed by atoms with Crippen molar-refractivity contribution in [2.75, 3.05) is 6.54 Å². The molecule has 0 saturated heterocycles. The first kappa shape index (κ1) is 25.4. The van der Waals surface area contributed by atoms with Gasteiger partial charge in [-0.2, -0.15) is 9.94 Å². The van der Waals surface area contributed by atoms with E-state index in [1.54, 1.807) is 30.5 Å². The number of carbonyl (C=O) groups is 1. The number of carbonyl (C=O) groups excluding carboxylic acids is 1. The fourth-order valence-electron chi connectivity index (χ4n) is 4.71. The lowest BCUT2D eigenvalue weighted by molar-refractivity contribution is 0.0737. The Balaban J connectivity index is 1.30. The monoisotopic (exact) mass is 572 g/mol. The smallest absolute Gasteiger partial charge is 0.349 e. The van der Waals surface area contributed by atoms with Gasteiger partial charge in [-0.05, 0) is 47.9 Å². The topological polar surface area (TPSA) is 137 Å². The summed E-state index contributed by atoms with van der Waals surface area (Å²) in [7, 11) is 0. The summed E-state index contributed by atoms with van der Waals surface area (Å²) >= 11 is 12.9. The molecule has 40 heavy (non-hydrogen) atoms. The summed E-state index contributed by atoms with van der Waals surface area (Å²) in [6, 6.07) is 17.7. The van der Waals surface area contributed by atoms with E-state index in [0.29, 0.717) is 29.8 Å². The molecule has 5 aromatic rings. The molecular formula is C28H18Cl2N6O4. The van der Waals surface area contributed by atoms with E-state index in [9.17, 15) is 14.4 Å². The van der Waals surface area contributed by atoms with E-state index in [1.165, 1.54) is 17.7 Å². The van der Waals surface area contributed by atoms with Crippen LogP contribution in [0.4, 0.5) is 0 Å². The molecule has 0 saturated carbocycles. The zero-order valence-corrected chi connectivity index (χ0v) is 22.1. The molecule has 2 N–H and O–H groups in total. The van der Waals surface area contributed by atoms with Crippen LogP contribution in [0.2, 0.25) is 10.0 Å². The molecule has 0 atom stereocenters. The number of ether oxygens (including phenoxy) is 1. The molecule has 0 unspecified atom stereocenters. The number of rotatable bonds is 4. The molecule has 1 aliphatic rings. The predicted octanol–water partition coefficient (Wildman–Crippen LogP) is 4.57. The highest BCUT2D eigenvalue weighted by Gasteiger charge is 2.24. The molecule has 0 bridgehead atoms. The summed E-state index contributed by atoms with van der Waals surface area (Å²) in [6.07, 6.45) is 2.49. The lowest BCUT2D eigenvalue weighted by atomic mass is 9.99. The molecule has 6 rings (SSSR count). The van der Waals surface area contributed by atoms with Crippen molar-refractivity contribution < 1.29 is 9.53 Å². The van der Waals surface area contributed by atoms with Gasteiger partial charge in [-0.1, -0.05) is 47.5 Å². The van der Waals surface area contributed by atoms with Crippen LogP contribution in [0.5, 0.6) is 11.5 Å². The van der Waals surface area contributed by atoms with Gasteiger partial charge in [0.2, 0.25) is 5.69 Å². The molecule has 0 fully saturated rings. The Hall–Kier alpha value is -4.85. The Labute approximate surface area is 236 Å². The number of fused-ring (bicyclic) bond motifs is 2. The third kappa shape index (κ3) is 4.51. The van der Waals surface area contributed by atoms with Crippen molar-refractivity contribution in [1.29, 1.82) is 5.26 Å². The van der Waals surface area contributed by atoms with Crippen molar-refractivity contribution in [2.45, 2.75) is 13.0 Å². The second-order valence-electron chi connectivity index (χ2n) is 9.13. The largest absolute Gasteiger partial charge is 0.454 e. The van der Waals surface area contributed by atoms with Crippen molar-refractivity contribution in [3.63, 3.8) is 0 Å². The highest BCUT2D eigenvalue weighted by Crippen LogP contribution is 2.39. The molecule has 0 radical (unpaired) electrons. The van der Waals surface area contributed by atoms with Crippen molar-refractivity contribution in [3.05, 3.63) is 114 Å². The first-order valence-electron chi connectivity index (χ1n) is 12.1. The second kappa shape index (κ2) is 10.0. The van der Waals surface area contributed by atoms with E-state index >= 15 is 0 Å². The molecule has 3 heterocycles. The maximum Gasteiger partial charge on any atom is 0.349 e. The molecule has 1 amide bonds. The van der Waals surface area contributed by atoms with Crippen molar-refractivity contribution in [2.24, 2.45) is 0 Å². The minimum atomic E-state index is -0.899. The Morgan fingerprint density at radius 1 is 1.05 bits per heavy atom. The van der Waals surface area contributed by atoms with Crippen molar-refractivity contribution in [3.8, 4) is 23.3 Å². The number of aromatic nitrogens is 4. The fraction of sp³-hybridized carbons (Fsp3) is 0.107. The van der Waals surface area contributed by atoms with Crippen molar-refractivity contribution >= 4 is 40.0 Å². The van der Waals surface area contributed by atoms with Crippen LogP contribution in [-0.2, 0) is 13.0 Å². The SMILES string of the molecule is N#Cc1nn(-c2cc(Cl)c(Oc3ccc4[nH]cc(C(=O)N5CCc6ccccc6C5)c4c3)c(Cl)c2)c(=O)[nH]c1=O. The van der Waals surface area contributed by atoms with E-state index in [-0.39, 0.29) is 27.4 Å². The van der Waals surface area contributed by atoms with Gasteiger partial charge in [-0.25, -0.2) is 4.79 Å². The molecule has 198 valence electrons. The molecular weight excluding hydrogens is 555 g/mol. The lowest BCUT2D eigenvalue weighted by Crippen LogP contribution is -2.35. The zero-order valence-electron chi connectivity index (χ0n) is 20.6. The average Bonchev–Trinajstić information content (AvgIpc) is 3.37. The van der Waals surface area contributed by atoms with Gasteiger partial charge >= 0.3 is 5.69 Å². The zero-order chi connectivity index (χ0) is 28.0. The van der Waals surface area contributed by atoms with Gasteiger partial charge in [0.05, 0.1) is 21.3 Å². The van der Waals surface area contributed by atoms with Crippen LogP contribution in [0.25, 0.3) is 16.6 Å². The summed E-state index contributed by atoms with van der Waals surface area (Å²) in [5.74, 6) is 0.405. The number of aromatic amines is 2. The Morgan fingerprint density at radius 2 is 1.80 bits per heavy atom. The summed E-state index contributed by atoms with van der Waals surface area (Å²) in [4.78, 5) is 44.4. The molecule has 12 heteroatoms. The molecule has 10 nitrogen and oxygen atoms in total. The van der Waals surface area contributed by atoms with E-state index in [1.807, 2.05) is 28.1 Å². The maximum absolute atomic E-state index is 13.5. The number of H-pyrrole nitrogens is 2. The molecule has 0 spiro atoms. The summed E-state index contributed by atoms with van der Waals surface area (Å²) in [6.45, 7) is 1.16. The summed E-state index contributed by atoms with van der Waals surface area (Å²) in [5, 5.41) is 13.6. The van der Waals surface area contributed by atoms with Gasteiger partial charge in [-0.3, -0.25) is 14.6 Å². The average molecular weight is 573 g/mol. The summed E-state index contributed by atoms with van der Waals surface area (Å²) < 4.78 is 6.82. The van der Waals surface area contributed by atoms with Crippen LogP contribution in [0.15, 0.2) is 70.4 Å². The van der Waals surface area contributed by atoms with E-state index < -0.39 is 16.9 Å². The van der Waals surface area contributed by atoms with Crippen LogP contribution in [0.3, 0.4) is 0 Å². The third-order valence-corrected chi connectivity index (χ3v) is 7.24. The van der Waals surface area contributed by atoms with Gasteiger partial charge < -0.3 is 14.6 Å². The first-order chi connectivity index (χ1) is 19.3. The van der Waals surface area contributed by atoms with Crippen molar-refractivity contribution in [1.82, 2.24) is 24.6 Å². The Bertz CT molecular complexity index is 1960. The minimum absolute atomic E-state index is 0.0540. The number of hydrogen-bond donors (Lipinski definition) is 2. The second-order valence-corrected chi connectivity index (χ2v) is 9.94. The molecule has 1 aliphatic heterocycles. The van der Waals surface area contributed by atoms with E-state index in [0.717, 1.165) is 22.2 Å². The standard InChI is InChI=1S/C28H18Cl2N6O4/c29-21-9-17(36-28(39)33-26(37)24(12-31)34-36)10-22(30)25(21)40-18-5-6-23-19(11-18)20(13-32-23)27(38)35-8-7-15-3-1-2-4-16(15)14-35/h1-6,9-11,13,32H,7-8,14H2,(H,33,37,39). The van der Waals surface area contributed by atoms with Gasteiger partial charge in [0.15, 0.2) is 5.75 Å². The van der Waals surface area contributed by atoms with Crippen LogP contribution in [-0.4, -0.2) is 37.1 Å². The Morgan fingerprint density at radius 3 is 2.55 bits per heavy atom. The van der Waals surface area contributed by atoms with Crippen LogP contribution in [0, 0.1) is 11.3 Å². The Kier molecular flexibility index (Phi) is 6.38. The lowest BCUT2D eigenvalue weighted by Gasteiger charge is -2.28. The maximum atomic E-state index is 13.5. The number of nitriles is 1. The van der Waals surface area contributed by atoms with Gasteiger partial charge in [-0.15, -0.1) is 5.10 Å². The molecule has 0 aliphatic carbocycles. The van der Waals surface area contributed by atoms with Gasteiger partial charge in [0, 0.05) is 30.2 Å². The third-order valence-electron chi connectivity index (χ3n) is 6.68. The van der Waals surface area contributed by atoms with Crippen LogP contribution >= 0.6 is 23.2 Å². The number of hydrogen-bond acceptors (Lipinski definition) is 6. The number of amides is 1. The van der Waals surface area contributed by atoms with Gasteiger partial charge in [0.25, 0.3) is 11.5 Å². The molecule has 3 aromatic carbocycles. The summed E-state index contributed by atoms with van der Waals surface area (Å²) in [5.41, 5.74) is 1.54. The number of nitrogens with zero attached hydrogens (tertiary/aromatic N) is 4. The number of benzene rings is 3. The highest BCUT2D eigenvalue weighted by molar-refractivity contribution is 6.37. The number of halogens is 2. The highest BCUT2D eigenvalue weighted by atomic mass is 35.5. The van der Waals surface area contributed by atoms with Gasteiger partial charge in [0.1, 0.15) is 11.8 Å². The minimum Gasteiger partial charge on any atom is -0.454 e. The van der Waals surface area contributed by atoms with E-state index in [2.05, 4.69) is 16.1 Å². The van der Waals surface area contributed by atoms with E-state index in [4.69, 9.17) is 33.2 Å². The fourth-order valence-corrected chi connectivity index (χ4v) is 5.26. The number of nitrogens with one attached hydrogen (secondary N) is 2. The molecule has 2 aromatic heterocycles.